The number of halogens is 2. The van der Waals surface area contributed by atoms with Crippen molar-refractivity contribution in [3.05, 3.63) is 29.8 Å². The fraction of sp³-hybridized carbons (Fsp3) is 0.467. The Labute approximate surface area is 127 Å². The highest BCUT2D eigenvalue weighted by atomic mass is 19.3. The molecule has 1 N–H and O–H groups in total. The van der Waals surface area contributed by atoms with Crippen molar-refractivity contribution >= 4 is 11.9 Å². The van der Waals surface area contributed by atoms with Crippen molar-refractivity contribution < 1.29 is 28.2 Å². The van der Waals surface area contributed by atoms with Crippen LogP contribution < -0.4 is 4.74 Å². The third-order valence-electron chi connectivity index (χ3n) is 3.28. The van der Waals surface area contributed by atoms with E-state index in [0.29, 0.717) is 12.0 Å². The highest BCUT2D eigenvalue weighted by molar-refractivity contribution is 5.83. The molecule has 0 spiro atoms. The first-order valence-corrected chi connectivity index (χ1v) is 6.89. The van der Waals surface area contributed by atoms with E-state index in [0.717, 1.165) is 0 Å². The van der Waals surface area contributed by atoms with Crippen molar-refractivity contribution in [1.82, 2.24) is 4.90 Å². The number of aliphatic carboxylic acids is 1. The van der Waals surface area contributed by atoms with E-state index in [1.54, 1.807) is 13.0 Å². The Bertz CT molecular complexity index is 522. The number of alkyl halides is 2. The average Bonchev–Trinajstić information content (AvgIpc) is 2.45. The van der Waals surface area contributed by atoms with Gasteiger partial charge in [-0.2, -0.15) is 8.78 Å². The number of amides is 1. The summed E-state index contributed by atoms with van der Waals surface area (Å²) in [4.78, 5) is 24.4. The topological polar surface area (TPSA) is 66.8 Å². The molecule has 0 fully saturated rings. The maximum atomic E-state index is 12.4. The summed E-state index contributed by atoms with van der Waals surface area (Å²) in [5, 5.41) is 8.90. The summed E-state index contributed by atoms with van der Waals surface area (Å²) in [6, 6.07) is 5.72. The number of para-hydroxylation sites is 1. The number of hydrogen-bond donors (Lipinski definition) is 1. The van der Waals surface area contributed by atoms with Crippen molar-refractivity contribution in [1.29, 1.82) is 0 Å². The van der Waals surface area contributed by atoms with Crippen molar-refractivity contribution in [2.75, 3.05) is 6.54 Å². The van der Waals surface area contributed by atoms with Gasteiger partial charge >= 0.3 is 12.6 Å². The lowest BCUT2D eigenvalue weighted by atomic mass is 10.1. The number of nitrogens with zero attached hydrogens (tertiary/aromatic N) is 1. The molecule has 1 aromatic carbocycles. The Kier molecular flexibility index (Phi) is 6.75. The van der Waals surface area contributed by atoms with Gasteiger partial charge in [-0.15, -0.1) is 0 Å². The molecule has 0 aliphatic carbocycles. The van der Waals surface area contributed by atoms with E-state index in [1.807, 2.05) is 6.92 Å². The summed E-state index contributed by atoms with van der Waals surface area (Å²) < 4.78 is 29.1. The Morgan fingerprint density at radius 3 is 2.50 bits per heavy atom. The molecular formula is C15H19F2NO4. The van der Waals surface area contributed by atoms with E-state index in [-0.39, 0.29) is 18.2 Å². The van der Waals surface area contributed by atoms with Gasteiger partial charge < -0.3 is 14.7 Å². The quantitative estimate of drug-likeness (QED) is 0.800. The molecular weight excluding hydrogens is 296 g/mol. The van der Waals surface area contributed by atoms with Crippen molar-refractivity contribution in [3.8, 4) is 5.75 Å². The molecule has 0 radical (unpaired) electrons. The molecule has 1 aromatic rings. The highest BCUT2D eigenvalue weighted by Gasteiger charge is 2.23. The minimum atomic E-state index is -2.99. The number of carbonyl (C=O) groups excluding carboxylic acids is 1. The second-order valence-electron chi connectivity index (χ2n) is 4.84. The van der Waals surface area contributed by atoms with Crippen molar-refractivity contribution in [2.45, 2.75) is 39.3 Å². The molecule has 1 atom stereocenters. The number of hydrogen-bond acceptors (Lipinski definition) is 3. The second kappa shape index (κ2) is 8.31. The highest BCUT2D eigenvalue weighted by Crippen LogP contribution is 2.21. The molecule has 5 nitrogen and oxygen atoms in total. The van der Waals surface area contributed by atoms with Crippen LogP contribution >= 0.6 is 0 Å². The Morgan fingerprint density at radius 1 is 1.32 bits per heavy atom. The lowest BCUT2D eigenvalue weighted by Gasteiger charge is -2.27. The minimum absolute atomic E-state index is 0.0784. The number of carboxylic acids is 1. The molecule has 1 amide bonds. The van der Waals surface area contributed by atoms with Gasteiger partial charge in [0.25, 0.3) is 0 Å². The summed E-state index contributed by atoms with van der Waals surface area (Å²) in [6.07, 6.45) is 0.398. The van der Waals surface area contributed by atoms with E-state index in [4.69, 9.17) is 5.11 Å². The molecule has 0 heterocycles. The van der Waals surface area contributed by atoms with Crippen LogP contribution in [0.1, 0.15) is 25.8 Å². The van der Waals surface area contributed by atoms with Crippen LogP contribution in [0.15, 0.2) is 24.3 Å². The van der Waals surface area contributed by atoms with Crippen LogP contribution in [0.3, 0.4) is 0 Å². The second-order valence-corrected chi connectivity index (χ2v) is 4.84. The SMILES string of the molecule is CCC(C)N(CC(=O)O)C(=O)Cc1ccccc1OC(F)F. The lowest BCUT2D eigenvalue weighted by Crippen LogP contribution is -2.42. The van der Waals surface area contributed by atoms with E-state index in [2.05, 4.69) is 4.74 Å². The fourth-order valence-electron chi connectivity index (χ4n) is 1.98. The van der Waals surface area contributed by atoms with Gasteiger partial charge in [0.2, 0.25) is 5.91 Å². The summed E-state index contributed by atoms with van der Waals surface area (Å²) >= 11 is 0. The summed E-state index contributed by atoms with van der Waals surface area (Å²) in [6.45, 7) is 0.162. The van der Waals surface area contributed by atoms with E-state index in [1.165, 1.54) is 23.1 Å². The molecule has 122 valence electrons. The standard InChI is InChI=1S/C15H19F2NO4/c1-3-10(2)18(9-14(20)21)13(19)8-11-6-4-5-7-12(11)22-15(16)17/h4-7,10,15H,3,8-9H2,1-2H3,(H,20,21). The van der Waals surface area contributed by atoms with E-state index >= 15 is 0 Å². The van der Waals surface area contributed by atoms with Crippen LogP contribution in [0.5, 0.6) is 5.75 Å². The molecule has 22 heavy (non-hydrogen) atoms. The van der Waals surface area contributed by atoms with Crippen LogP contribution in [-0.4, -0.2) is 41.1 Å². The van der Waals surface area contributed by atoms with E-state index < -0.39 is 25.0 Å². The van der Waals surface area contributed by atoms with Gasteiger partial charge in [0.1, 0.15) is 12.3 Å². The van der Waals surface area contributed by atoms with Crippen LogP contribution in [-0.2, 0) is 16.0 Å². The molecule has 7 heteroatoms. The molecule has 0 aliphatic heterocycles. The first-order chi connectivity index (χ1) is 10.3. The fourth-order valence-corrected chi connectivity index (χ4v) is 1.98. The van der Waals surface area contributed by atoms with Crippen LogP contribution in [0.4, 0.5) is 8.78 Å². The van der Waals surface area contributed by atoms with Gasteiger partial charge in [0.15, 0.2) is 0 Å². The Balaban J connectivity index is 2.91. The molecule has 0 saturated heterocycles. The summed E-state index contributed by atoms with van der Waals surface area (Å²) in [5.41, 5.74) is 0.298. The minimum Gasteiger partial charge on any atom is -0.480 e. The molecule has 1 unspecified atom stereocenters. The van der Waals surface area contributed by atoms with Gasteiger partial charge in [-0.3, -0.25) is 9.59 Å². The normalized spacial score (nSPS) is 12.0. The monoisotopic (exact) mass is 315 g/mol. The maximum absolute atomic E-state index is 12.4. The molecule has 0 aromatic heterocycles. The predicted octanol–water partition coefficient (Wildman–Crippen LogP) is 2.54. The smallest absolute Gasteiger partial charge is 0.387 e. The number of rotatable bonds is 8. The molecule has 0 aliphatic rings. The zero-order valence-electron chi connectivity index (χ0n) is 12.5. The third-order valence-corrected chi connectivity index (χ3v) is 3.28. The van der Waals surface area contributed by atoms with Crippen molar-refractivity contribution in [3.63, 3.8) is 0 Å². The predicted molar refractivity (Wildman–Crippen MR) is 75.9 cm³/mol. The van der Waals surface area contributed by atoms with Crippen LogP contribution in [0.25, 0.3) is 0 Å². The third kappa shape index (κ3) is 5.31. The number of ether oxygens (including phenoxy) is 1. The van der Waals surface area contributed by atoms with Gasteiger partial charge in [-0.1, -0.05) is 25.1 Å². The number of benzene rings is 1. The van der Waals surface area contributed by atoms with Gasteiger partial charge in [-0.25, -0.2) is 0 Å². The van der Waals surface area contributed by atoms with Crippen LogP contribution in [0.2, 0.25) is 0 Å². The van der Waals surface area contributed by atoms with Crippen molar-refractivity contribution in [2.24, 2.45) is 0 Å². The van der Waals surface area contributed by atoms with Gasteiger partial charge in [0, 0.05) is 11.6 Å². The Hall–Kier alpha value is -2.18. The zero-order valence-corrected chi connectivity index (χ0v) is 12.5. The molecule has 0 saturated carbocycles. The number of carbonyl (C=O) groups is 2. The first-order valence-electron chi connectivity index (χ1n) is 6.89. The molecule has 0 bridgehead atoms. The lowest BCUT2D eigenvalue weighted by molar-refractivity contribution is -0.145. The average molecular weight is 315 g/mol. The van der Waals surface area contributed by atoms with Gasteiger partial charge in [-0.05, 0) is 19.4 Å². The van der Waals surface area contributed by atoms with Gasteiger partial charge in [0.05, 0.1) is 6.42 Å². The molecule has 1 rings (SSSR count). The van der Waals surface area contributed by atoms with E-state index in [9.17, 15) is 18.4 Å². The largest absolute Gasteiger partial charge is 0.480 e. The maximum Gasteiger partial charge on any atom is 0.387 e. The Morgan fingerprint density at radius 2 is 1.95 bits per heavy atom. The number of carboxylic acid groups (broad SMARTS) is 1. The first kappa shape index (κ1) is 17.9. The zero-order chi connectivity index (χ0) is 16.7. The summed E-state index contributed by atoms with van der Waals surface area (Å²) in [5.74, 6) is -1.64. The van der Waals surface area contributed by atoms with Crippen LogP contribution in [0, 0.1) is 0 Å². The summed E-state index contributed by atoms with van der Waals surface area (Å²) in [7, 11) is 0.